The summed E-state index contributed by atoms with van der Waals surface area (Å²) in [6.07, 6.45) is 9.78. The number of amides is 5. The van der Waals surface area contributed by atoms with Gasteiger partial charge >= 0.3 is 53.4 Å². The monoisotopic (exact) mass is 1810 g/mol. The molecule has 12 aromatic rings. The van der Waals surface area contributed by atoms with Crippen molar-refractivity contribution >= 4 is 81.9 Å². The number of nitrogens with one attached hydrogen (secondary N) is 2. The van der Waals surface area contributed by atoms with Crippen molar-refractivity contribution in [1.82, 2.24) is 25.3 Å². The average Bonchev–Trinajstić information content (AvgIpc) is 0.812. The second kappa shape index (κ2) is 53.6. The van der Waals surface area contributed by atoms with Crippen molar-refractivity contribution in [2.45, 2.75) is 137 Å². The molecule has 25 nitrogen and oxygen atoms in total. The van der Waals surface area contributed by atoms with Crippen LogP contribution in [0.3, 0.4) is 0 Å². The third-order valence-electron chi connectivity index (χ3n) is 20.7. The van der Waals surface area contributed by atoms with Crippen molar-refractivity contribution in [3.05, 3.63) is 317 Å². The molecule has 12 rings (SSSR count). The number of ether oxygens (including phenoxy) is 3. The molecule has 10 aromatic carbocycles. The Morgan fingerprint density at radius 2 is 0.662 bits per heavy atom. The number of carboxylic acids is 1. The largest absolute Gasteiger partial charge is 1.00 e. The number of nitrogens with zero attached hydrogens (tertiary/aromatic N) is 7. The van der Waals surface area contributed by atoms with Crippen LogP contribution in [-0.4, -0.2) is 125 Å². The molecule has 0 fully saturated rings. The maximum Gasteiger partial charge on any atom is 1.00 e. The maximum absolute atomic E-state index is 13.2. The van der Waals surface area contributed by atoms with Crippen molar-refractivity contribution in [2.24, 2.45) is 29.4 Å². The molecule has 0 saturated heterocycles. The van der Waals surface area contributed by atoms with E-state index in [4.69, 9.17) is 25.7 Å². The molecule has 0 radical (unpaired) electrons. The summed E-state index contributed by atoms with van der Waals surface area (Å²) in [6, 6.07) is 66.5. The van der Waals surface area contributed by atoms with Crippen LogP contribution in [0.1, 0.15) is 193 Å². The van der Waals surface area contributed by atoms with Crippen LogP contribution in [0.2, 0.25) is 0 Å². The summed E-state index contributed by atoms with van der Waals surface area (Å²) in [5.74, 6) is -3.08. The topological polar surface area (TPSA) is 369 Å². The van der Waals surface area contributed by atoms with Crippen LogP contribution in [0.5, 0.6) is 0 Å². The van der Waals surface area contributed by atoms with Crippen LogP contribution in [0, 0.1) is 58.3 Å². The summed E-state index contributed by atoms with van der Waals surface area (Å²) >= 11 is 0. The van der Waals surface area contributed by atoms with Crippen LogP contribution in [0.25, 0.3) is 55.6 Å². The van der Waals surface area contributed by atoms with Gasteiger partial charge in [0.15, 0.2) is 0 Å². The van der Waals surface area contributed by atoms with Gasteiger partial charge in [0, 0.05) is 114 Å². The summed E-state index contributed by atoms with van der Waals surface area (Å²) in [4.78, 5) is 131. The molecule has 0 saturated carbocycles. The second-order valence-corrected chi connectivity index (χ2v) is 32.7. The fourth-order valence-electron chi connectivity index (χ4n) is 13.2. The SMILES string of the molecule is CC(N)c1cnccn1.CCN(C(=O)C(C)C)c1cc(C(=O)NC(C)c2cnccn2)cc(-c2ccc(C)cc2)c1.CCN(C(=O)C(C)C)c1cc(C(=O)O)cc(-c2ccc(C)cc2)c1.CCN(C(=O)C(C)C)c1cc(C(=O)OC)cc(-c2ccc(C)cc2)c1.COC(=O)c1cc(N)cc(-c2ccc(C)cc2)c1.COC(=O)c1cc(NC(=O)C(C)C)cc(-c2ccc(C)cc2)c1.[Na+].[OH-]. The summed E-state index contributed by atoms with van der Waals surface area (Å²) < 4.78 is 14.4. The molecule has 133 heavy (non-hydrogen) atoms. The van der Waals surface area contributed by atoms with E-state index < -0.39 is 17.9 Å². The van der Waals surface area contributed by atoms with E-state index in [2.05, 4.69) is 30.6 Å². The van der Waals surface area contributed by atoms with Gasteiger partial charge in [-0.2, -0.15) is 0 Å². The molecule has 2 heterocycles. The second-order valence-electron chi connectivity index (χ2n) is 32.7. The van der Waals surface area contributed by atoms with E-state index in [-0.39, 0.29) is 112 Å². The number of aryl methyl sites for hydroxylation is 5. The Morgan fingerprint density at radius 1 is 0.368 bits per heavy atom. The number of hydrogen-bond donors (Lipinski definition) is 5. The summed E-state index contributed by atoms with van der Waals surface area (Å²) in [7, 11) is 4.06. The number of nitrogen functional groups attached to an aromatic ring is 1. The minimum atomic E-state index is -1.00. The molecule has 0 aliphatic heterocycles. The van der Waals surface area contributed by atoms with Crippen molar-refractivity contribution in [2.75, 3.05) is 66.7 Å². The third kappa shape index (κ3) is 33.0. The summed E-state index contributed by atoms with van der Waals surface area (Å²) in [5.41, 5.74) is 33.0. The molecule has 2 unspecified atom stereocenters. The van der Waals surface area contributed by atoms with Gasteiger partial charge in [0.05, 0.1) is 67.2 Å². The van der Waals surface area contributed by atoms with Gasteiger partial charge in [-0.05, 0) is 216 Å². The normalized spacial score (nSPS) is 10.8. The number of methoxy groups -OCH3 is 3. The number of nitrogens with two attached hydrogens (primary N) is 2. The number of aromatic nitrogens is 4. The molecule has 2 atom stereocenters. The van der Waals surface area contributed by atoms with E-state index in [1.54, 1.807) is 106 Å². The average molecular weight is 1810 g/mol. The first kappa shape index (κ1) is 110. The maximum atomic E-state index is 13.2. The Kier molecular flexibility index (Phi) is 44.3. The molecule has 0 aliphatic carbocycles. The van der Waals surface area contributed by atoms with Crippen molar-refractivity contribution in [1.29, 1.82) is 0 Å². The molecule has 26 heteroatoms. The van der Waals surface area contributed by atoms with Crippen LogP contribution in [-0.2, 0) is 33.4 Å². The van der Waals surface area contributed by atoms with Crippen LogP contribution in [0.4, 0.5) is 28.4 Å². The molecule has 692 valence electrons. The Bertz CT molecular complexity index is 5860. The summed E-state index contributed by atoms with van der Waals surface area (Å²) in [5, 5.41) is 15.3. The minimum Gasteiger partial charge on any atom is -0.870 e. The van der Waals surface area contributed by atoms with Gasteiger partial charge in [0.2, 0.25) is 23.6 Å². The number of anilines is 5. The van der Waals surface area contributed by atoms with Crippen molar-refractivity contribution in [3.8, 4) is 55.6 Å². The number of rotatable bonds is 24. The van der Waals surface area contributed by atoms with Gasteiger partial charge < -0.3 is 61.6 Å². The number of carbonyl (C=O) groups is 9. The molecular formula is C107H124N11NaO14. The molecule has 5 amide bonds. The van der Waals surface area contributed by atoms with Gasteiger partial charge in [-0.1, -0.05) is 205 Å². The summed E-state index contributed by atoms with van der Waals surface area (Å²) in [6.45, 7) is 36.0. The van der Waals surface area contributed by atoms with E-state index in [1.807, 2.05) is 282 Å². The van der Waals surface area contributed by atoms with Crippen molar-refractivity contribution < 1.29 is 97.5 Å². The first-order valence-corrected chi connectivity index (χ1v) is 43.5. The van der Waals surface area contributed by atoms with Gasteiger partial charge in [0.1, 0.15) is 0 Å². The Balaban J connectivity index is 0.000000288. The molecular weight excluding hydrogens is 1690 g/mol. The number of esters is 3. The van der Waals surface area contributed by atoms with Gasteiger partial charge in [-0.3, -0.25) is 43.9 Å². The van der Waals surface area contributed by atoms with E-state index in [1.165, 1.54) is 32.5 Å². The number of aromatic carboxylic acids is 1. The van der Waals surface area contributed by atoms with Gasteiger partial charge in [0.25, 0.3) is 5.91 Å². The number of carbonyl (C=O) groups excluding carboxylic acids is 8. The first-order valence-electron chi connectivity index (χ1n) is 43.5. The zero-order valence-electron chi connectivity index (χ0n) is 80.3. The van der Waals surface area contributed by atoms with E-state index in [0.29, 0.717) is 76.0 Å². The number of hydrogen-bond acceptors (Lipinski definition) is 19. The fourth-order valence-corrected chi connectivity index (χ4v) is 13.2. The minimum absolute atomic E-state index is 0. The first-order chi connectivity index (χ1) is 62.3. The van der Waals surface area contributed by atoms with Crippen LogP contribution in [0.15, 0.2) is 250 Å². The number of carboxylic acid groups (broad SMARTS) is 1. The molecule has 8 N–H and O–H groups in total. The zero-order valence-corrected chi connectivity index (χ0v) is 82.3. The standard InChI is InChI=1S/C26H30N4O2.C21H25NO3.C20H23NO3.C19H21NO3.C15H15NO2.C6H9N3.Na.H2O/c1-6-30(26(32)17(2)3)23-14-21(20-9-7-18(4)8-10-20)13-22(15-23)25(31)29-19(5)24-16-27-11-12-28-24;1-6-22(20(23)14(2)3)19-12-17(11-18(13-19)21(24)25-5)16-9-7-15(4)8-10-16;1-5-21(19(22)13(2)3)18-11-16(10-17(12-18)20(23)24)15-8-6-14(4)7-9-15;1-12(2)18(21)20-17-10-15(9-16(11-17)19(22)23-4)14-7-5-13(3)6-8-14;1-10-3-5-11(6-4-10)12-7-13(15(17)18-2)9-14(16)8-12;1-5(7)6-4-8-2-3-9-6;;/h7-17,19H,6H2,1-5H3,(H,29,31);7-14H,6H2,1-5H3;6-13H,5H2,1-4H3,(H,23,24);5-12H,1-4H3,(H,20,21);3-9H,16H2,1-2H3;2-5H,7H2,1H3;;1H2/q;;;;;;+1;/p-1. The quantitative estimate of drug-likeness (QED) is 0.0162. The number of benzene rings is 10. The Morgan fingerprint density at radius 3 is 0.955 bits per heavy atom. The van der Waals surface area contributed by atoms with Crippen LogP contribution >= 0.6 is 0 Å². The van der Waals surface area contributed by atoms with E-state index in [0.717, 1.165) is 78.0 Å². The predicted octanol–water partition coefficient (Wildman–Crippen LogP) is 18.2. The van der Waals surface area contributed by atoms with Crippen LogP contribution < -0.4 is 66.4 Å². The van der Waals surface area contributed by atoms with E-state index in [9.17, 15) is 48.3 Å². The van der Waals surface area contributed by atoms with Gasteiger partial charge in [-0.25, -0.2) is 19.2 Å². The van der Waals surface area contributed by atoms with E-state index >= 15 is 0 Å². The Hall–Kier alpha value is -13.7. The molecule has 0 bridgehead atoms. The Labute approximate surface area is 804 Å². The molecule has 0 aliphatic rings. The van der Waals surface area contributed by atoms with Gasteiger partial charge in [-0.15, -0.1) is 0 Å². The predicted molar refractivity (Wildman–Crippen MR) is 525 cm³/mol. The zero-order chi connectivity index (χ0) is 96.5. The molecule has 2 aromatic heterocycles. The molecule has 0 spiro atoms. The van der Waals surface area contributed by atoms with Crippen molar-refractivity contribution in [3.63, 3.8) is 0 Å². The third-order valence-corrected chi connectivity index (χ3v) is 20.7. The smallest absolute Gasteiger partial charge is 0.870 e. The fraction of sp³-hybridized carbons (Fsp3) is 0.280.